The number of carbonyl (C=O) groups is 3. The number of hydrogen-bond acceptors (Lipinski definition) is 10. The molecule has 3 aliphatic rings. The van der Waals surface area contributed by atoms with Crippen molar-refractivity contribution in [1.29, 1.82) is 0 Å². The third-order valence-corrected chi connectivity index (χ3v) is 8.04. The lowest BCUT2D eigenvalue weighted by Gasteiger charge is -2.42. The summed E-state index contributed by atoms with van der Waals surface area (Å²) in [4.78, 5) is 39.6. The molecule has 4 N–H and O–H groups in total. The number of aliphatic hydroxyl groups excluding tert-OH is 1. The zero-order chi connectivity index (χ0) is 27.7. The molecule has 0 saturated carbocycles. The van der Waals surface area contributed by atoms with Gasteiger partial charge in [-0.3, -0.25) is 14.4 Å². The standard InChI is InChI=1S/C28H30O10/c1-11-8-18(37-12(2)23(11)30)38-17-10-28(35,13(3)29)9-15-20(17)27(34)22-21(25(15)32)24(31)14-6-5-7-16(36-4)19(14)26(22)33/h5-7,11-12,17-18,23,30,32,34-35H,8-10H2,1-4H3/t11?,12-,17-,18-,23-,28-/m0/s1. The van der Waals surface area contributed by atoms with Crippen molar-refractivity contribution < 1.29 is 49.0 Å². The minimum Gasteiger partial charge on any atom is -0.507 e. The van der Waals surface area contributed by atoms with Crippen molar-refractivity contribution in [3.8, 4) is 17.2 Å². The molecule has 1 unspecified atom stereocenters. The van der Waals surface area contributed by atoms with Crippen molar-refractivity contribution >= 4 is 17.3 Å². The Kier molecular flexibility index (Phi) is 6.34. The fourth-order valence-corrected chi connectivity index (χ4v) is 5.85. The van der Waals surface area contributed by atoms with Gasteiger partial charge in [0.05, 0.1) is 42.1 Å². The van der Waals surface area contributed by atoms with Crippen LogP contribution in [0.25, 0.3) is 0 Å². The Bertz CT molecular complexity index is 1350. The lowest BCUT2D eigenvalue weighted by atomic mass is 9.72. The highest BCUT2D eigenvalue weighted by Gasteiger charge is 2.49. The smallest absolute Gasteiger partial charge is 0.202 e. The van der Waals surface area contributed by atoms with E-state index in [1.54, 1.807) is 6.92 Å². The van der Waals surface area contributed by atoms with Crippen molar-refractivity contribution in [2.24, 2.45) is 5.92 Å². The maximum atomic E-state index is 13.6. The topological polar surface area (TPSA) is 160 Å². The van der Waals surface area contributed by atoms with E-state index in [1.807, 2.05) is 6.92 Å². The molecule has 0 aromatic heterocycles. The number of ketones is 3. The van der Waals surface area contributed by atoms with Gasteiger partial charge in [-0.15, -0.1) is 0 Å². The minimum atomic E-state index is -1.97. The van der Waals surface area contributed by atoms with Crippen LogP contribution in [-0.4, -0.2) is 69.0 Å². The molecule has 0 amide bonds. The SMILES string of the molecule is COc1cccc2c1C(=O)c1c(O)c3c(c(O)c1C2=O)C[C@@](O)(C(C)=O)C[C@@H]3O[C@H]1CC(C)[C@H](O)[C@H](C)O1. The van der Waals surface area contributed by atoms with E-state index < -0.39 is 76.6 Å². The molecule has 1 fully saturated rings. The Labute approximate surface area is 218 Å². The number of methoxy groups -OCH3 is 1. The maximum Gasteiger partial charge on any atom is 0.202 e. The van der Waals surface area contributed by atoms with Crippen LogP contribution in [0, 0.1) is 5.92 Å². The van der Waals surface area contributed by atoms with Crippen molar-refractivity contribution in [3.05, 3.63) is 51.6 Å². The average molecular weight is 527 g/mol. The summed E-state index contributed by atoms with van der Waals surface area (Å²) in [5, 5.41) is 44.3. The van der Waals surface area contributed by atoms with Gasteiger partial charge in [-0.25, -0.2) is 0 Å². The molecule has 0 bridgehead atoms. The number of Topliss-reactive ketones (excluding diaryl/α,β-unsaturated/α-hetero) is 1. The van der Waals surface area contributed by atoms with Crippen LogP contribution < -0.4 is 4.74 Å². The van der Waals surface area contributed by atoms with Gasteiger partial charge in [0, 0.05) is 36.0 Å². The Morgan fingerprint density at radius 1 is 1.08 bits per heavy atom. The summed E-state index contributed by atoms with van der Waals surface area (Å²) in [6.45, 7) is 4.72. The molecule has 10 heteroatoms. The summed E-state index contributed by atoms with van der Waals surface area (Å²) in [6, 6.07) is 4.47. The predicted molar refractivity (Wildman–Crippen MR) is 132 cm³/mol. The Morgan fingerprint density at radius 3 is 2.39 bits per heavy atom. The Hall–Kier alpha value is -3.31. The van der Waals surface area contributed by atoms with Crippen LogP contribution in [0.15, 0.2) is 18.2 Å². The van der Waals surface area contributed by atoms with E-state index in [0.717, 1.165) is 0 Å². The van der Waals surface area contributed by atoms with Crippen molar-refractivity contribution in [1.82, 2.24) is 0 Å². The van der Waals surface area contributed by atoms with Crippen LogP contribution in [0.5, 0.6) is 17.2 Å². The van der Waals surface area contributed by atoms with E-state index in [-0.39, 0.29) is 46.8 Å². The van der Waals surface area contributed by atoms with Gasteiger partial charge in [-0.1, -0.05) is 19.1 Å². The number of phenolic OH excluding ortho intramolecular Hbond substituents is 2. The Balaban J connectivity index is 1.68. The summed E-state index contributed by atoms with van der Waals surface area (Å²) >= 11 is 0. The molecule has 0 spiro atoms. The van der Waals surface area contributed by atoms with E-state index in [1.165, 1.54) is 32.2 Å². The summed E-state index contributed by atoms with van der Waals surface area (Å²) in [5.41, 5.74) is -2.86. The summed E-state index contributed by atoms with van der Waals surface area (Å²) < 4.78 is 17.2. The van der Waals surface area contributed by atoms with Gasteiger partial charge in [0.25, 0.3) is 0 Å². The molecule has 2 aliphatic carbocycles. The summed E-state index contributed by atoms with van der Waals surface area (Å²) in [6.07, 6.45) is -3.72. The van der Waals surface area contributed by atoms with Crippen molar-refractivity contribution in [2.75, 3.05) is 7.11 Å². The molecule has 1 heterocycles. The van der Waals surface area contributed by atoms with Crippen LogP contribution in [0.4, 0.5) is 0 Å². The third-order valence-electron chi connectivity index (χ3n) is 8.04. The number of phenols is 2. The van der Waals surface area contributed by atoms with Crippen molar-refractivity contribution in [2.45, 2.75) is 70.2 Å². The summed E-state index contributed by atoms with van der Waals surface area (Å²) in [5.74, 6) is -3.23. The first-order valence-corrected chi connectivity index (χ1v) is 12.5. The Morgan fingerprint density at radius 2 is 1.76 bits per heavy atom. The third kappa shape index (κ3) is 3.82. The molecule has 1 saturated heterocycles. The zero-order valence-corrected chi connectivity index (χ0v) is 21.5. The van der Waals surface area contributed by atoms with Gasteiger partial charge in [0.2, 0.25) is 5.78 Å². The fourth-order valence-electron chi connectivity index (χ4n) is 5.85. The highest BCUT2D eigenvalue weighted by Crippen LogP contribution is 2.52. The quantitative estimate of drug-likeness (QED) is 0.372. The number of aliphatic hydroxyl groups is 2. The second-order valence-electron chi connectivity index (χ2n) is 10.4. The van der Waals surface area contributed by atoms with E-state index in [2.05, 4.69) is 0 Å². The first-order valence-electron chi connectivity index (χ1n) is 12.5. The molecule has 0 radical (unpaired) electrons. The molecule has 2 aromatic rings. The van der Waals surface area contributed by atoms with Crippen LogP contribution in [-0.2, 0) is 20.7 Å². The number of carbonyl (C=O) groups excluding carboxylic acids is 3. The van der Waals surface area contributed by atoms with E-state index in [0.29, 0.717) is 0 Å². The van der Waals surface area contributed by atoms with Crippen LogP contribution in [0.3, 0.4) is 0 Å². The molecule has 6 atom stereocenters. The van der Waals surface area contributed by atoms with Crippen molar-refractivity contribution in [3.63, 3.8) is 0 Å². The highest BCUT2D eigenvalue weighted by molar-refractivity contribution is 6.31. The molecule has 38 heavy (non-hydrogen) atoms. The number of hydrogen-bond donors (Lipinski definition) is 4. The van der Waals surface area contributed by atoms with Crippen LogP contribution in [0.2, 0.25) is 0 Å². The molecule has 2 aromatic carbocycles. The van der Waals surface area contributed by atoms with E-state index in [9.17, 15) is 34.8 Å². The minimum absolute atomic E-state index is 0.000854. The normalized spacial score (nSPS) is 30.3. The number of aromatic hydroxyl groups is 2. The van der Waals surface area contributed by atoms with Crippen LogP contribution >= 0.6 is 0 Å². The zero-order valence-electron chi connectivity index (χ0n) is 21.5. The first kappa shape index (κ1) is 26.3. The molecular weight excluding hydrogens is 496 g/mol. The van der Waals surface area contributed by atoms with Gasteiger partial charge in [-0.2, -0.15) is 0 Å². The van der Waals surface area contributed by atoms with E-state index >= 15 is 0 Å². The maximum absolute atomic E-state index is 13.6. The number of benzene rings is 2. The van der Waals surface area contributed by atoms with Crippen LogP contribution in [0.1, 0.15) is 82.7 Å². The van der Waals surface area contributed by atoms with Gasteiger partial charge >= 0.3 is 0 Å². The largest absolute Gasteiger partial charge is 0.507 e. The average Bonchev–Trinajstić information content (AvgIpc) is 2.87. The van der Waals surface area contributed by atoms with E-state index in [4.69, 9.17) is 14.2 Å². The molecule has 1 aliphatic heterocycles. The lowest BCUT2D eigenvalue weighted by Crippen LogP contribution is -2.47. The molecule has 202 valence electrons. The monoisotopic (exact) mass is 526 g/mol. The number of fused-ring (bicyclic) bond motifs is 3. The number of rotatable bonds is 4. The molecule has 5 rings (SSSR count). The lowest BCUT2D eigenvalue weighted by molar-refractivity contribution is -0.255. The predicted octanol–water partition coefficient (Wildman–Crippen LogP) is 2.34. The number of ether oxygens (including phenoxy) is 3. The fraction of sp³-hybridized carbons (Fsp3) is 0.464. The van der Waals surface area contributed by atoms with Gasteiger partial charge in [-0.05, 0) is 25.8 Å². The van der Waals surface area contributed by atoms with Gasteiger partial charge in [0.15, 0.2) is 17.9 Å². The second kappa shape index (κ2) is 9.16. The highest BCUT2D eigenvalue weighted by atomic mass is 16.7. The second-order valence-corrected chi connectivity index (χ2v) is 10.4. The van der Waals surface area contributed by atoms with Gasteiger partial charge in [0.1, 0.15) is 22.8 Å². The first-order chi connectivity index (χ1) is 17.9. The van der Waals surface area contributed by atoms with Gasteiger partial charge < -0.3 is 34.6 Å². The molecular formula is C28H30O10. The summed E-state index contributed by atoms with van der Waals surface area (Å²) in [7, 11) is 1.35. The molecule has 10 nitrogen and oxygen atoms in total.